The van der Waals surface area contributed by atoms with E-state index in [0.717, 1.165) is 36.0 Å². The van der Waals surface area contributed by atoms with E-state index in [4.69, 9.17) is 9.47 Å². The van der Waals surface area contributed by atoms with Crippen LogP contribution in [0.15, 0.2) is 17.9 Å². The third-order valence-electron chi connectivity index (χ3n) is 4.42. The Bertz CT molecular complexity index is 616. The molecule has 1 aliphatic carbocycles. The van der Waals surface area contributed by atoms with Crippen LogP contribution in [0.25, 0.3) is 5.57 Å². The number of carbonyl (C=O) groups excluding carboxylic acids is 1. The van der Waals surface area contributed by atoms with Gasteiger partial charge in [-0.15, -0.1) is 0 Å². The fourth-order valence-corrected chi connectivity index (χ4v) is 3.32. The first-order valence-electron chi connectivity index (χ1n) is 8.10. The smallest absolute Gasteiger partial charge is 0.167 e. The van der Waals surface area contributed by atoms with Gasteiger partial charge in [-0.25, -0.2) is 0 Å². The average Bonchev–Trinajstić information content (AvgIpc) is 2.78. The Hall–Kier alpha value is -1.81. The Kier molecular flexibility index (Phi) is 5.83. The van der Waals surface area contributed by atoms with E-state index in [1.807, 2.05) is 26.0 Å². The molecule has 1 atom stereocenters. The number of methoxy groups -OCH3 is 2. The van der Waals surface area contributed by atoms with Gasteiger partial charge in [0.2, 0.25) is 0 Å². The van der Waals surface area contributed by atoms with Crippen LogP contribution in [-0.2, 0) is 9.53 Å². The summed E-state index contributed by atoms with van der Waals surface area (Å²) in [6.07, 6.45) is 3.06. The highest BCUT2D eigenvalue weighted by Gasteiger charge is 2.34. The highest BCUT2D eigenvalue weighted by molar-refractivity contribution is 6.24. The molecule has 2 rings (SSSR count). The molecule has 1 aromatic carbocycles. The lowest BCUT2D eigenvalue weighted by molar-refractivity contribution is -0.113. The predicted octanol–water partition coefficient (Wildman–Crippen LogP) is 3.99. The fraction of sp³-hybridized carbons (Fsp3) is 0.526. The first kappa shape index (κ1) is 17.5. The highest BCUT2D eigenvalue weighted by Crippen LogP contribution is 2.41. The van der Waals surface area contributed by atoms with Gasteiger partial charge in [0.05, 0.1) is 12.7 Å². The number of unbranched alkanes of at least 4 members (excludes halogenated alkanes) is 1. The SMILES string of the molecule is COCCCCC1CC(=O)C(c2c(C)cc(C)cc2OC)=C1O. The minimum Gasteiger partial charge on any atom is -0.511 e. The van der Waals surface area contributed by atoms with Crippen LogP contribution in [-0.4, -0.2) is 31.7 Å². The molecule has 0 amide bonds. The fourth-order valence-electron chi connectivity index (χ4n) is 3.32. The topological polar surface area (TPSA) is 55.8 Å². The molecule has 1 N–H and O–H groups in total. The van der Waals surface area contributed by atoms with Gasteiger partial charge in [0, 0.05) is 31.6 Å². The van der Waals surface area contributed by atoms with E-state index in [9.17, 15) is 9.90 Å². The predicted molar refractivity (Wildman–Crippen MR) is 90.9 cm³/mol. The second-order valence-electron chi connectivity index (χ2n) is 6.23. The van der Waals surface area contributed by atoms with Crippen molar-refractivity contribution in [1.29, 1.82) is 0 Å². The van der Waals surface area contributed by atoms with E-state index in [1.165, 1.54) is 0 Å². The van der Waals surface area contributed by atoms with Gasteiger partial charge in [0.25, 0.3) is 0 Å². The van der Waals surface area contributed by atoms with E-state index in [0.29, 0.717) is 24.4 Å². The van der Waals surface area contributed by atoms with Crippen molar-refractivity contribution in [3.05, 3.63) is 34.6 Å². The minimum absolute atomic E-state index is 0.00416. The van der Waals surface area contributed by atoms with Crippen molar-refractivity contribution in [2.45, 2.75) is 39.5 Å². The molecule has 0 aliphatic heterocycles. The van der Waals surface area contributed by atoms with Crippen LogP contribution >= 0.6 is 0 Å². The maximum atomic E-state index is 12.5. The van der Waals surface area contributed by atoms with Crippen LogP contribution in [0, 0.1) is 19.8 Å². The number of ether oxygens (including phenoxy) is 2. The third-order valence-corrected chi connectivity index (χ3v) is 4.42. The van der Waals surface area contributed by atoms with Crippen LogP contribution in [0.3, 0.4) is 0 Å². The van der Waals surface area contributed by atoms with Crippen molar-refractivity contribution in [2.24, 2.45) is 5.92 Å². The number of benzene rings is 1. The van der Waals surface area contributed by atoms with Crippen LogP contribution in [0.1, 0.15) is 42.4 Å². The quantitative estimate of drug-likeness (QED) is 0.772. The summed E-state index contributed by atoms with van der Waals surface area (Å²) >= 11 is 0. The number of aliphatic hydroxyl groups is 1. The van der Waals surface area contributed by atoms with Crippen molar-refractivity contribution < 1.29 is 19.4 Å². The van der Waals surface area contributed by atoms with E-state index in [-0.39, 0.29) is 17.5 Å². The number of aliphatic hydroxyl groups excluding tert-OH is 1. The third kappa shape index (κ3) is 3.75. The zero-order chi connectivity index (χ0) is 17.0. The molecule has 4 nitrogen and oxygen atoms in total. The van der Waals surface area contributed by atoms with Crippen molar-refractivity contribution >= 4 is 11.4 Å². The molecule has 0 saturated carbocycles. The first-order valence-corrected chi connectivity index (χ1v) is 8.10. The number of hydrogen-bond donors (Lipinski definition) is 1. The molecule has 0 bridgehead atoms. The van der Waals surface area contributed by atoms with Gasteiger partial charge in [0.15, 0.2) is 5.78 Å². The summed E-state index contributed by atoms with van der Waals surface area (Å²) in [5.74, 6) is 0.791. The maximum Gasteiger partial charge on any atom is 0.167 e. The molecule has 0 heterocycles. The van der Waals surface area contributed by atoms with Crippen LogP contribution < -0.4 is 4.74 Å². The van der Waals surface area contributed by atoms with Crippen molar-refractivity contribution in [1.82, 2.24) is 0 Å². The van der Waals surface area contributed by atoms with Gasteiger partial charge in [-0.05, 0) is 43.9 Å². The monoisotopic (exact) mass is 318 g/mol. The number of allylic oxidation sites excluding steroid dienone is 2. The number of rotatable bonds is 7. The van der Waals surface area contributed by atoms with Gasteiger partial charge in [-0.2, -0.15) is 0 Å². The number of carbonyl (C=O) groups is 1. The number of Topliss-reactive ketones (excluding diaryl/α,β-unsaturated/α-hetero) is 1. The van der Waals surface area contributed by atoms with E-state index >= 15 is 0 Å². The number of aryl methyl sites for hydroxylation is 2. The molecule has 0 radical (unpaired) electrons. The second-order valence-corrected chi connectivity index (χ2v) is 6.23. The summed E-state index contributed by atoms with van der Waals surface area (Å²) in [5.41, 5.74) is 3.21. The first-order chi connectivity index (χ1) is 11.0. The Balaban J connectivity index is 2.31. The molecule has 1 unspecified atom stereocenters. The largest absolute Gasteiger partial charge is 0.511 e. The molecule has 0 aromatic heterocycles. The normalized spacial score (nSPS) is 17.9. The minimum atomic E-state index is -0.0836. The molecule has 0 fully saturated rings. The number of ketones is 1. The molecule has 1 aromatic rings. The molecular formula is C19H26O4. The lowest BCUT2D eigenvalue weighted by Crippen LogP contribution is -2.02. The van der Waals surface area contributed by atoms with E-state index in [2.05, 4.69) is 0 Å². The van der Waals surface area contributed by atoms with Crippen molar-refractivity contribution in [3.63, 3.8) is 0 Å². The van der Waals surface area contributed by atoms with E-state index < -0.39 is 0 Å². The molecule has 23 heavy (non-hydrogen) atoms. The highest BCUT2D eigenvalue weighted by atomic mass is 16.5. The summed E-state index contributed by atoms with van der Waals surface area (Å²) in [6.45, 7) is 4.65. The lowest BCUT2D eigenvalue weighted by Gasteiger charge is -2.14. The molecule has 0 spiro atoms. The summed E-state index contributed by atoms with van der Waals surface area (Å²) in [6, 6.07) is 3.92. The molecule has 126 valence electrons. The maximum absolute atomic E-state index is 12.5. The van der Waals surface area contributed by atoms with E-state index in [1.54, 1.807) is 14.2 Å². The Morgan fingerprint density at radius 2 is 1.96 bits per heavy atom. The lowest BCUT2D eigenvalue weighted by atomic mass is 9.95. The van der Waals surface area contributed by atoms with Crippen molar-refractivity contribution in [2.75, 3.05) is 20.8 Å². The summed E-state index contributed by atoms with van der Waals surface area (Å²) in [7, 11) is 3.28. The summed E-state index contributed by atoms with van der Waals surface area (Å²) < 4.78 is 10.5. The zero-order valence-corrected chi connectivity index (χ0v) is 14.4. The van der Waals surface area contributed by atoms with Gasteiger partial charge >= 0.3 is 0 Å². The van der Waals surface area contributed by atoms with Gasteiger partial charge in [-0.3, -0.25) is 4.79 Å². The Labute approximate surface area is 138 Å². The van der Waals surface area contributed by atoms with Crippen molar-refractivity contribution in [3.8, 4) is 5.75 Å². The van der Waals surface area contributed by atoms with Crippen LogP contribution in [0.2, 0.25) is 0 Å². The average molecular weight is 318 g/mol. The molecular weight excluding hydrogens is 292 g/mol. The van der Waals surface area contributed by atoms with Gasteiger partial charge in [-0.1, -0.05) is 12.5 Å². The second kappa shape index (κ2) is 7.64. The van der Waals surface area contributed by atoms with Crippen LogP contribution in [0.5, 0.6) is 5.75 Å². The molecule has 4 heteroatoms. The molecule has 1 aliphatic rings. The number of hydrogen-bond acceptors (Lipinski definition) is 4. The summed E-state index contributed by atoms with van der Waals surface area (Å²) in [5, 5.41) is 10.6. The molecule has 0 saturated heterocycles. The van der Waals surface area contributed by atoms with Gasteiger partial charge in [0.1, 0.15) is 11.5 Å². The Morgan fingerprint density at radius 1 is 1.22 bits per heavy atom. The zero-order valence-electron chi connectivity index (χ0n) is 14.4. The summed E-state index contributed by atoms with van der Waals surface area (Å²) in [4.78, 5) is 12.5. The van der Waals surface area contributed by atoms with Gasteiger partial charge < -0.3 is 14.6 Å². The van der Waals surface area contributed by atoms with Crippen LogP contribution in [0.4, 0.5) is 0 Å². The standard InChI is InChI=1S/C19H26O4/c1-12-9-13(2)17(16(10-12)23-4)18-15(20)11-14(19(18)21)7-5-6-8-22-3/h9-10,14,21H,5-8,11H2,1-4H3. The Morgan fingerprint density at radius 3 is 2.61 bits per heavy atom.